The zero-order valence-electron chi connectivity index (χ0n) is 12.8. The highest BCUT2D eigenvalue weighted by molar-refractivity contribution is 7.98. The van der Waals surface area contributed by atoms with Gasteiger partial charge in [0.15, 0.2) is 0 Å². The molecule has 2 fully saturated rings. The Hall–Kier alpha value is -1.17. The first-order chi connectivity index (χ1) is 10.9. The molecule has 0 heterocycles. The molecule has 0 aliphatic heterocycles. The van der Waals surface area contributed by atoms with Gasteiger partial charge >= 0.3 is 6.18 Å². The molecule has 0 radical (unpaired) electrons. The third kappa shape index (κ3) is 4.22. The van der Waals surface area contributed by atoms with Gasteiger partial charge < -0.3 is 0 Å². The summed E-state index contributed by atoms with van der Waals surface area (Å²) in [6, 6.07) is 4.48. The van der Waals surface area contributed by atoms with E-state index in [-0.39, 0.29) is 17.7 Å². The van der Waals surface area contributed by atoms with Gasteiger partial charge in [-0.05, 0) is 61.2 Å². The number of nitrogens with one attached hydrogen (secondary N) is 1. The number of hydrogen-bond acceptors (Lipinski definition) is 2. The van der Waals surface area contributed by atoms with Crippen molar-refractivity contribution >= 4 is 17.9 Å². The monoisotopic (exact) mass is 343 g/mol. The quantitative estimate of drug-likeness (QED) is 0.753. The number of halogens is 3. The van der Waals surface area contributed by atoms with Crippen LogP contribution in [0.2, 0.25) is 0 Å². The summed E-state index contributed by atoms with van der Waals surface area (Å²) >= 11 is 0.983. The van der Waals surface area contributed by atoms with Gasteiger partial charge in [-0.2, -0.15) is 13.2 Å². The summed E-state index contributed by atoms with van der Waals surface area (Å²) in [6.45, 7) is 0. The number of carbonyl (C=O) groups excluding carboxylic acids is 1. The molecule has 0 spiro atoms. The summed E-state index contributed by atoms with van der Waals surface area (Å²) in [5, 5.41) is 0. The van der Waals surface area contributed by atoms with E-state index in [1.165, 1.54) is 6.07 Å². The van der Waals surface area contributed by atoms with Crippen molar-refractivity contribution in [1.82, 2.24) is 4.72 Å². The Balaban J connectivity index is 1.78. The fourth-order valence-electron chi connectivity index (χ4n) is 3.15. The minimum Gasteiger partial charge on any atom is -0.296 e. The standard InChI is InChI=1S/C17H20F3NOS/c18-17(19,20)15-10-13(23-21-16(22)12-6-7-12)8-9-14(15)11-4-2-1-3-5-11/h8-12H,1-7H2,(H,21,22). The maximum absolute atomic E-state index is 13.4. The fourth-order valence-corrected chi connectivity index (χ4v) is 3.85. The van der Waals surface area contributed by atoms with E-state index in [4.69, 9.17) is 0 Å². The minimum atomic E-state index is -4.36. The number of amides is 1. The third-order valence-corrected chi connectivity index (χ3v) is 5.39. The lowest BCUT2D eigenvalue weighted by atomic mass is 9.82. The van der Waals surface area contributed by atoms with Gasteiger partial charge in [0.25, 0.3) is 0 Å². The van der Waals surface area contributed by atoms with Crippen LogP contribution in [0.25, 0.3) is 0 Å². The van der Waals surface area contributed by atoms with Crippen molar-refractivity contribution in [1.29, 1.82) is 0 Å². The van der Waals surface area contributed by atoms with Crippen LogP contribution in [0, 0.1) is 5.92 Å². The van der Waals surface area contributed by atoms with E-state index in [0.717, 1.165) is 56.9 Å². The Morgan fingerprint density at radius 2 is 1.78 bits per heavy atom. The van der Waals surface area contributed by atoms with Crippen LogP contribution in [-0.4, -0.2) is 5.91 Å². The molecule has 1 amide bonds. The summed E-state index contributed by atoms with van der Waals surface area (Å²) in [5.74, 6) is -0.0357. The number of rotatable bonds is 4. The average molecular weight is 343 g/mol. The first-order valence-electron chi connectivity index (χ1n) is 8.13. The highest BCUT2D eigenvalue weighted by atomic mass is 32.2. The SMILES string of the molecule is O=C(NSc1ccc(C2CCCCC2)c(C(F)(F)F)c1)C1CC1. The molecule has 1 aromatic rings. The third-order valence-electron chi connectivity index (χ3n) is 4.59. The second-order valence-corrected chi connectivity index (χ2v) is 7.30. The summed E-state index contributed by atoms with van der Waals surface area (Å²) < 4.78 is 42.9. The smallest absolute Gasteiger partial charge is 0.296 e. The molecule has 0 saturated heterocycles. The van der Waals surface area contributed by atoms with Crippen LogP contribution in [0.1, 0.15) is 62.0 Å². The Morgan fingerprint density at radius 1 is 1.09 bits per heavy atom. The number of carbonyl (C=O) groups is 1. The fraction of sp³-hybridized carbons (Fsp3) is 0.588. The van der Waals surface area contributed by atoms with E-state index in [1.54, 1.807) is 12.1 Å². The zero-order valence-corrected chi connectivity index (χ0v) is 13.6. The van der Waals surface area contributed by atoms with Crippen LogP contribution >= 0.6 is 11.9 Å². The Bertz CT molecular complexity index is 578. The number of hydrogen-bond donors (Lipinski definition) is 1. The van der Waals surface area contributed by atoms with Gasteiger partial charge in [0.2, 0.25) is 5.91 Å². The van der Waals surface area contributed by atoms with Gasteiger partial charge in [0.05, 0.1) is 5.56 Å². The first kappa shape index (κ1) is 16.7. The van der Waals surface area contributed by atoms with E-state index >= 15 is 0 Å². The second-order valence-electron chi connectivity index (χ2n) is 6.42. The molecular formula is C17H20F3NOS. The van der Waals surface area contributed by atoms with Crippen molar-refractivity contribution in [3.8, 4) is 0 Å². The molecule has 6 heteroatoms. The summed E-state index contributed by atoms with van der Waals surface area (Å²) in [4.78, 5) is 12.1. The van der Waals surface area contributed by atoms with Gasteiger partial charge in [-0.15, -0.1) is 0 Å². The average Bonchev–Trinajstić information content (AvgIpc) is 3.37. The number of benzene rings is 1. The molecule has 2 aliphatic carbocycles. The maximum Gasteiger partial charge on any atom is 0.416 e. The van der Waals surface area contributed by atoms with Gasteiger partial charge in [0.1, 0.15) is 0 Å². The van der Waals surface area contributed by atoms with Gasteiger partial charge in [-0.1, -0.05) is 25.3 Å². The summed E-state index contributed by atoms with van der Waals surface area (Å²) in [6.07, 6.45) is 2.15. The van der Waals surface area contributed by atoms with Crippen LogP contribution in [0.15, 0.2) is 23.1 Å². The largest absolute Gasteiger partial charge is 0.416 e. The van der Waals surface area contributed by atoms with Crippen molar-refractivity contribution in [3.05, 3.63) is 29.3 Å². The highest BCUT2D eigenvalue weighted by Crippen LogP contribution is 2.42. The normalized spacial score (nSPS) is 19.6. The van der Waals surface area contributed by atoms with Gasteiger partial charge in [-0.25, -0.2) is 0 Å². The molecule has 0 unspecified atom stereocenters. The van der Waals surface area contributed by atoms with E-state index in [1.807, 2.05) is 0 Å². The summed E-state index contributed by atoms with van der Waals surface area (Å²) in [5.41, 5.74) is -0.134. The lowest BCUT2D eigenvalue weighted by Crippen LogP contribution is -2.18. The molecule has 2 nitrogen and oxygen atoms in total. The number of alkyl halides is 3. The van der Waals surface area contributed by atoms with Crippen LogP contribution < -0.4 is 4.72 Å². The topological polar surface area (TPSA) is 29.1 Å². The lowest BCUT2D eigenvalue weighted by molar-refractivity contribution is -0.138. The Labute approximate surface area is 138 Å². The zero-order chi connectivity index (χ0) is 16.4. The highest BCUT2D eigenvalue weighted by Gasteiger charge is 2.36. The van der Waals surface area contributed by atoms with Crippen molar-refractivity contribution in [2.24, 2.45) is 5.92 Å². The molecule has 0 aromatic heterocycles. The predicted octanol–water partition coefficient (Wildman–Crippen LogP) is 5.29. The molecular weight excluding hydrogens is 323 g/mol. The lowest BCUT2D eigenvalue weighted by Gasteiger charge is -2.25. The predicted molar refractivity (Wildman–Crippen MR) is 84.0 cm³/mol. The van der Waals surface area contributed by atoms with Crippen molar-refractivity contribution < 1.29 is 18.0 Å². The van der Waals surface area contributed by atoms with E-state index in [2.05, 4.69) is 4.72 Å². The van der Waals surface area contributed by atoms with Crippen molar-refractivity contribution in [2.75, 3.05) is 0 Å². The summed E-state index contributed by atoms with van der Waals surface area (Å²) in [7, 11) is 0. The molecule has 0 atom stereocenters. The van der Waals surface area contributed by atoms with E-state index in [0.29, 0.717) is 10.5 Å². The van der Waals surface area contributed by atoms with Crippen LogP contribution in [0.4, 0.5) is 13.2 Å². The maximum atomic E-state index is 13.4. The van der Waals surface area contributed by atoms with E-state index in [9.17, 15) is 18.0 Å². The van der Waals surface area contributed by atoms with Crippen molar-refractivity contribution in [2.45, 2.75) is 61.9 Å². The molecule has 1 N–H and O–H groups in total. The van der Waals surface area contributed by atoms with Crippen molar-refractivity contribution in [3.63, 3.8) is 0 Å². The van der Waals surface area contributed by atoms with E-state index < -0.39 is 11.7 Å². The Morgan fingerprint density at radius 3 is 2.39 bits per heavy atom. The minimum absolute atomic E-state index is 0.000445. The molecule has 2 saturated carbocycles. The van der Waals surface area contributed by atoms with Gasteiger partial charge in [0, 0.05) is 10.8 Å². The molecule has 1 aromatic carbocycles. The van der Waals surface area contributed by atoms with Crippen LogP contribution in [0.3, 0.4) is 0 Å². The molecule has 0 bridgehead atoms. The van der Waals surface area contributed by atoms with Crippen LogP contribution in [0.5, 0.6) is 0 Å². The van der Waals surface area contributed by atoms with Gasteiger partial charge in [-0.3, -0.25) is 9.52 Å². The van der Waals surface area contributed by atoms with Crippen LogP contribution in [-0.2, 0) is 11.0 Å². The second kappa shape index (κ2) is 6.75. The molecule has 126 valence electrons. The molecule has 2 aliphatic rings. The molecule has 23 heavy (non-hydrogen) atoms. The first-order valence-corrected chi connectivity index (χ1v) is 8.94. The Kier molecular flexibility index (Phi) is 4.90. The molecule has 3 rings (SSSR count).